The Hall–Kier alpha value is -2.37. The fourth-order valence-electron chi connectivity index (χ4n) is 2.67. The molecule has 1 saturated heterocycles. The minimum atomic E-state index is -0.339. The Kier molecular flexibility index (Phi) is 3.14. The minimum absolute atomic E-state index is 0.145. The fraction of sp³-hybridized carbons (Fsp3) is 0.357. The van der Waals surface area contributed by atoms with E-state index in [0.29, 0.717) is 18.8 Å². The molecule has 0 spiro atoms. The number of nitrogens with zero attached hydrogens (tertiary/aromatic N) is 2. The second kappa shape index (κ2) is 4.96. The normalized spacial score (nSPS) is 19.2. The van der Waals surface area contributed by atoms with Crippen LogP contribution < -0.4 is 5.73 Å². The summed E-state index contributed by atoms with van der Waals surface area (Å²) in [5.74, 6) is -0.735. The van der Waals surface area contributed by atoms with E-state index in [0.717, 1.165) is 23.7 Å². The number of benzene rings is 1. The summed E-state index contributed by atoms with van der Waals surface area (Å²) in [6, 6.07) is 7.50. The Morgan fingerprint density at radius 1 is 1.35 bits per heavy atom. The number of rotatable bonds is 2. The Morgan fingerprint density at radius 3 is 2.95 bits per heavy atom. The molecule has 1 aromatic heterocycles. The standard InChI is InChI=1S/C14H16N4O2/c15-13(19)9-4-3-7-18(8-9)14(20)12-10-5-1-2-6-11(10)16-17-12/h1-2,5-6,9H,3-4,7-8H2,(H2,15,19)(H,16,17). The Labute approximate surface area is 115 Å². The predicted octanol–water partition coefficient (Wildman–Crippen LogP) is 0.900. The quantitative estimate of drug-likeness (QED) is 0.850. The highest BCUT2D eigenvalue weighted by molar-refractivity contribution is 6.04. The molecule has 0 saturated carbocycles. The predicted molar refractivity (Wildman–Crippen MR) is 73.9 cm³/mol. The van der Waals surface area contributed by atoms with E-state index in [1.54, 1.807) is 4.90 Å². The van der Waals surface area contributed by atoms with Gasteiger partial charge in [0.1, 0.15) is 0 Å². The van der Waals surface area contributed by atoms with Gasteiger partial charge in [-0.1, -0.05) is 18.2 Å². The first-order chi connectivity index (χ1) is 9.66. The van der Waals surface area contributed by atoms with Gasteiger partial charge in [0.2, 0.25) is 5.91 Å². The lowest BCUT2D eigenvalue weighted by molar-refractivity contribution is -0.123. The number of fused-ring (bicyclic) bond motifs is 1. The molecule has 1 aromatic carbocycles. The Balaban J connectivity index is 1.87. The largest absolute Gasteiger partial charge is 0.369 e. The number of hydrogen-bond acceptors (Lipinski definition) is 3. The van der Waals surface area contributed by atoms with Crippen LogP contribution in [-0.4, -0.2) is 40.0 Å². The van der Waals surface area contributed by atoms with Crippen molar-refractivity contribution in [2.75, 3.05) is 13.1 Å². The van der Waals surface area contributed by atoms with E-state index in [1.165, 1.54) is 0 Å². The van der Waals surface area contributed by atoms with Gasteiger partial charge in [0.25, 0.3) is 5.91 Å². The van der Waals surface area contributed by atoms with Gasteiger partial charge in [-0.3, -0.25) is 14.7 Å². The van der Waals surface area contributed by atoms with Crippen LogP contribution >= 0.6 is 0 Å². The number of aromatic nitrogens is 2. The number of aromatic amines is 1. The third kappa shape index (κ3) is 2.13. The number of nitrogens with two attached hydrogens (primary N) is 1. The van der Waals surface area contributed by atoms with Crippen LogP contribution in [0.4, 0.5) is 0 Å². The van der Waals surface area contributed by atoms with Crippen molar-refractivity contribution in [2.24, 2.45) is 11.7 Å². The second-order valence-electron chi connectivity index (χ2n) is 5.11. The summed E-state index contributed by atoms with van der Waals surface area (Å²) in [5.41, 5.74) is 6.58. The molecular formula is C14H16N4O2. The molecule has 0 radical (unpaired) electrons. The lowest BCUT2D eigenvalue weighted by Gasteiger charge is -2.30. The first kappa shape index (κ1) is 12.7. The molecule has 0 bridgehead atoms. The first-order valence-electron chi connectivity index (χ1n) is 6.68. The summed E-state index contributed by atoms with van der Waals surface area (Å²) in [4.78, 5) is 25.5. The second-order valence-corrected chi connectivity index (χ2v) is 5.11. The summed E-state index contributed by atoms with van der Waals surface area (Å²) in [7, 11) is 0. The van der Waals surface area contributed by atoms with Crippen molar-refractivity contribution < 1.29 is 9.59 Å². The Morgan fingerprint density at radius 2 is 2.15 bits per heavy atom. The lowest BCUT2D eigenvalue weighted by atomic mass is 9.97. The average molecular weight is 272 g/mol. The summed E-state index contributed by atoms with van der Waals surface area (Å²) >= 11 is 0. The van der Waals surface area contributed by atoms with Crippen LogP contribution in [0, 0.1) is 5.92 Å². The van der Waals surface area contributed by atoms with Crippen LogP contribution in [0.3, 0.4) is 0 Å². The zero-order valence-electron chi connectivity index (χ0n) is 11.0. The van der Waals surface area contributed by atoms with Gasteiger partial charge in [-0.05, 0) is 18.9 Å². The van der Waals surface area contributed by atoms with E-state index in [1.807, 2.05) is 24.3 Å². The SMILES string of the molecule is NC(=O)C1CCCN(C(=O)c2n[nH]c3ccccc23)C1. The third-order valence-electron chi connectivity index (χ3n) is 3.78. The van der Waals surface area contributed by atoms with Crippen molar-refractivity contribution in [1.29, 1.82) is 0 Å². The first-order valence-corrected chi connectivity index (χ1v) is 6.68. The number of hydrogen-bond donors (Lipinski definition) is 2. The van der Waals surface area contributed by atoms with Gasteiger partial charge in [-0.25, -0.2) is 0 Å². The topological polar surface area (TPSA) is 92.1 Å². The number of nitrogens with one attached hydrogen (secondary N) is 1. The highest BCUT2D eigenvalue weighted by Gasteiger charge is 2.29. The van der Waals surface area contributed by atoms with E-state index in [-0.39, 0.29) is 17.7 Å². The molecule has 1 aliphatic rings. The highest BCUT2D eigenvalue weighted by Crippen LogP contribution is 2.21. The van der Waals surface area contributed by atoms with Gasteiger partial charge < -0.3 is 10.6 Å². The zero-order valence-corrected chi connectivity index (χ0v) is 11.0. The molecular weight excluding hydrogens is 256 g/mol. The van der Waals surface area contributed by atoms with Gasteiger partial charge in [0.05, 0.1) is 11.4 Å². The van der Waals surface area contributed by atoms with E-state index < -0.39 is 0 Å². The van der Waals surface area contributed by atoms with Gasteiger partial charge in [0.15, 0.2) is 5.69 Å². The molecule has 0 aliphatic carbocycles. The van der Waals surface area contributed by atoms with Crippen molar-refractivity contribution in [3.8, 4) is 0 Å². The minimum Gasteiger partial charge on any atom is -0.369 e. The van der Waals surface area contributed by atoms with Gasteiger partial charge >= 0.3 is 0 Å². The van der Waals surface area contributed by atoms with Gasteiger partial charge in [-0.2, -0.15) is 5.10 Å². The number of H-pyrrole nitrogens is 1. The number of carbonyl (C=O) groups is 2. The van der Waals surface area contributed by atoms with Gasteiger partial charge in [-0.15, -0.1) is 0 Å². The molecule has 104 valence electrons. The lowest BCUT2D eigenvalue weighted by Crippen LogP contribution is -2.44. The van der Waals surface area contributed by atoms with Crippen LogP contribution in [0.15, 0.2) is 24.3 Å². The molecule has 6 heteroatoms. The monoisotopic (exact) mass is 272 g/mol. The number of primary amides is 1. The molecule has 1 atom stereocenters. The van der Waals surface area contributed by atoms with E-state index in [4.69, 9.17) is 5.73 Å². The van der Waals surface area contributed by atoms with Gasteiger partial charge in [0, 0.05) is 18.5 Å². The number of piperidine rings is 1. The van der Waals surface area contributed by atoms with E-state index >= 15 is 0 Å². The third-order valence-corrected chi connectivity index (χ3v) is 3.78. The molecule has 2 amide bonds. The number of amides is 2. The fourth-order valence-corrected chi connectivity index (χ4v) is 2.67. The molecule has 1 fully saturated rings. The maximum Gasteiger partial charge on any atom is 0.275 e. The number of para-hydroxylation sites is 1. The zero-order chi connectivity index (χ0) is 14.1. The number of carbonyl (C=O) groups excluding carboxylic acids is 2. The molecule has 1 aliphatic heterocycles. The van der Waals surface area contributed by atoms with Crippen LogP contribution in [-0.2, 0) is 4.79 Å². The molecule has 3 rings (SSSR count). The van der Waals surface area contributed by atoms with Crippen molar-refractivity contribution in [3.63, 3.8) is 0 Å². The van der Waals surface area contributed by atoms with Crippen LogP contribution in [0.2, 0.25) is 0 Å². The molecule has 2 heterocycles. The van der Waals surface area contributed by atoms with Crippen molar-refractivity contribution >= 4 is 22.7 Å². The van der Waals surface area contributed by atoms with Crippen LogP contribution in [0.5, 0.6) is 0 Å². The summed E-state index contributed by atoms with van der Waals surface area (Å²) in [5, 5.41) is 7.77. The van der Waals surface area contributed by atoms with Crippen molar-refractivity contribution in [1.82, 2.24) is 15.1 Å². The van der Waals surface area contributed by atoms with Crippen LogP contribution in [0.1, 0.15) is 23.3 Å². The number of likely N-dealkylation sites (tertiary alicyclic amines) is 1. The van der Waals surface area contributed by atoms with E-state index in [9.17, 15) is 9.59 Å². The summed E-state index contributed by atoms with van der Waals surface area (Å²) in [6.07, 6.45) is 1.54. The maximum absolute atomic E-state index is 12.5. The molecule has 3 N–H and O–H groups in total. The smallest absolute Gasteiger partial charge is 0.275 e. The highest BCUT2D eigenvalue weighted by atomic mass is 16.2. The molecule has 1 unspecified atom stereocenters. The molecule has 6 nitrogen and oxygen atoms in total. The molecule has 2 aromatic rings. The summed E-state index contributed by atoms with van der Waals surface area (Å²) in [6.45, 7) is 1.03. The van der Waals surface area contributed by atoms with Crippen molar-refractivity contribution in [2.45, 2.75) is 12.8 Å². The average Bonchev–Trinajstić information content (AvgIpc) is 2.90. The van der Waals surface area contributed by atoms with Crippen molar-refractivity contribution in [3.05, 3.63) is 30.0 Å². The van der Waals surface area contributed by atoms with Crippen LogP contribution in [0.25, 0.3) is 10.9 Å². The maximum atomic E-state index is 12.5. The van der Waals surface area contributed by atoms with E-state index in [2.05, 4.69) is 10.2 Å². The Bertz CT molecular complexity index is 664. The summed E-state index contributed by atoms with van der Waals surface area (Å²) < 4.78 is 0. The molecule has 20 heavy (non-hydrogen) atoms.